The summed E-state index contributed by atoms with van der Waals surface area (Å²) in [5.41, 5.74) is 0.769. The third-order valence-electron chi connectivity index (χ3n) is 1.27. The number of para-hydroxylation sites is 1. The Morgan fingerprint density at radius 2 is 2.00 bits per heavy atom. The van der Waals surface area contributed by atoms with Crippen LogP contribution in [0.1, 0.15) is 6.92 Å². The second kappa shape index (κ2) is 4.20. The lowest BCUT2D eigenvalue weighted by atomic mass is 10.3. The summed E-state index contributed by atoms with van der Waals surface area (Å²) in [6.45, 7) is 1.63. The van der Waals surface area contributed by atoms with Crippen molar-refractivity contribution in [1.82, 2.24) is 0 Å². The van der Waals surface area contributed by atoms with E-state index in [1.165, 1.54) is 0 Å². The average Bonchev–Trinajstić information content (AvgIpc) is 2.06. The SMILES string of the molecule is CC#CC(=O)Nc1ccccc1. The van der Waals surface area contributed by atoms with Crippen LogP contribution < -0.4 is 5.32 Å². The third-order valence-corrected chi connectivity index (χ3v) is 1.27. The van der Waals surface area contributed by atoms with Gasteiger partial charge in [0.05, 0.1) is 0 Å². The monoisotopic (exact) mass is 159 g/mol. The van der Waals surface area contributed by atoms with Crippen LogP contribution in [-0.2, 0) is 4.79 Å². The molecule has 0 fully saturated rings. The minimum Gasteiger partial charge on any atom is -0.315 e. The molecule has 0 bridgehead atoms. The van der Waals surface area contributed by atoms with Gasteiger partial charge in [-0.25, -0.2) is 0 Å². The Kier molecular flexibility index (Phi) is 2.92. The zero-order chi connectivity index (χ0) is 8.81. The van der Waals surface area contributed by atoms with Crippen LogP contribution in [0.2, 0.25) is 0 Å². The number of rotatable bonds is 1. The Morgan fingerprint density at radius 1 is 1.33 bits per heavy atom. The fourth-order valence-electron chi connectivity index (χ4n) is 0.797. The van der Waals surface area contributed by atoms with E-state index in [2.05, 4.69) is 17.2 Å². The average molecular weight is 159 g/mol. The summed E-state index contributed by atoms with van der Waals surface area (Å²) in [6, 6.07) is 9.23. The van der Waals surface area contributed by atoms with Crippen molar-refractivity contribution < 1.29 is 4.79 Å². The van der Waals surface area contributed by atoms with Crippen molar-refractivity contribution in [2.75, 3.05) is 5.32 Å². The molecule has 0 aliphatic heterocycles. The van der Waals surface area contributed by atoms with Gasteiger partial charge in [-0.15, -0.1) is 0 Å². The number of carbonyl (C=O) groups excluding carboxylic acids is 1. The Morgan fingerprint density at radius 3 is 2.58 bits per heavy atom. The first kappa shape index (κ1) is 8.35. The molecule has 0 saturated carbocycles. The number of nitrogens with one attached hydrogen (secondary N) is 1. The van der Waals surface area contributed by atoms with E-state index < -0.39 is 0 Å². The van der Waals surface area contributed by atoms with Crippen molar-refractivity contribution in [3.8, 4) is 11.8 Å². The van der Waals surface area contributed by atoms with Gasteiger partial charge < -0.3 is 5.32 Å². The zero-order valence-electron chi connectivity index (χ0n) is 6.79. The van der Waals surface area contributed by atoms with Crippen molar-refractivity contribution >= 4 is 11.6 Å². The van der Waals surface area contributed by atoms with Crippen LogP contribution in [0, 0.1) is 11.8 Å². The van der Waals surface area contributed by atoms with Gasteiger partial charge in [0.25, 0.3) is 5.91 Å². The van der Waals surface area contributed by atoms with Gasteiger partial charge in [0.2, 0.25) is 0 Å². The smallest absolute Gasteiger partial charge is 0.300 e. The summed E-state index contributed by atoms with van der Waals surface area (Å²) >= 11 is 0. The van der Waals surface area contributed by atoms with Crippen LogP contribution in [0.5, 0.6) is 0 Å². The maximum Gasteiger partial charge on any atom is 0.300 e. The Labute approximate surface area is 71.6 Å². The topological polar surface area (TPSA) is 29.1 Å². The first-order chi connectivity index (χ1) is 5.83. The van der Waals surface area contributed by atoms with Crippen molar-refractivity contribution in [2.24, 2.45) is 0 Å². The van der Waals surface area contributed by atoms with E-state index in [0.717, 1.165) is 5.69 Å². The molecular weight excluding hydrogens is 150 g/mol. The van der Waals surface area contributed by atoms with Crippen molar-refractivity contribution in [3.63, 3.8) is 0 Å². The van der Waals surface area contributed by atoms with Gasteiger partial charge in [0.15, 0.2) is 0 Å². The highest BCUT2D eigenvalue weighted by Crippen LogP contribution is 2.03. The van der Waals surface area contributed by atoms with E-state index >= 15 is 0 Å². The number of anilines is 1. The molecule has 1 rings (SSSR count). The van der Waals surface area contributed by atoms with Gasteiger partial charge in [0.1, 0.15) is 0 Å². The molecule has 1 N–H and O–H groups in total. The molecule has 1 aromatic rings. The molecule has 0 spiro atoms. The summed E-state index contributed by atoms with van der Waals surface area (Å²) in [5, 5.41) is 2.63. The second-order valence-electron chi connectivity index (χ2n) is 2.20. The van der Waals surface area contributed by atoms with Gasteiger partial charge in [0, 0.05) is 5.69 Å². The Balaban J connectivity index is 2.63. The Hall–Kier alpha value is -1.75. The van der Waals surface area contributed by atoms with Gasteiger partial charge in [-0.05, 0) is 25.0 Å². The largest absolute Gasteiger partial charge is 0.315 e. The first-order valence-electron chi connectivity index (χ1n) is 3.61. The highest BCUT2D eigenvalue weighted by Gasteiger charge is 1.94. The summed E-state index contributed by atoms with van der Waals surface area (Å²) < 4.78 is 0. The number of hydrogen-bond acceptors (Lipinski definition) is 1. The number of amides is 1. The first-order valence-corrected chi connectivity index (χ1v) is 3.61. The molecular formula is C10H9NO. The van der Waals surface area contributed by atoms with Crippen LogP contribution in [-0.4, -0.2) is 5.91 Å². The molecule has 1 aromatic carbocycles. The molecule has 0 aliphatic rings. The van der Waals surface area contributed by atoms with Crippen LogP contribution >= 0.6 is 0 Å². The highest BCUT2D eigenvalue weighted by atomic mass is 16.1. The lowest BCUT2D eigenvalue weighted by Crippen LogP contribution is -2.07. The third kappa shape index (κ3) is 2.47. The van der Waals surface area contributed by atoms with Gasteiger partial charge in [-0.3, -0.25) is 4.79 Å². The molecule has 0 radical (unpaired) electrons. The molecule has 1 amide bonds. The lowest BCUT2D eigenvalue weighted by Gasteiger charge is -1.97. The fourth-order valence-corrected chi connectivity index (χ4v) is 0.797. The van der Waals surface area contributed by atoms with Crippen molar-refractivity contribution in [2.45, 2.75) is 6.92 Å². The van der Waals surface area contributed by atoms with E-state index in [0.29, 0.717) is 0 Å². The number of carbonyl (C=O) groups is 1. The van der Waals surface area contributed by atoms with Crippen molar-refractivity contribution in [1.29, 1.82) is 0 Å². The summed E-state index contributed by atoms with van der Waals surface area (Å²) in [6.07, 6.45) is 0. The molecule has 60 valence electrons. The number of hydrogen-bond donors (Lipinski definition) is 1. The molecule has 12 heavy (non-hydrogen) atoms. The molecule has 0 atom stereocenters. The zero-order valence-corrected chi connectivity index (χ0v) is 6.79. The minimum atomic E-state index is -0.274. The second-order valence-corrected chi connectivity index (χ2v) is 2.20. The van der Waals surface area contributed by atoms with Crippen LogP contribution in [0.4, 0.5) is 5.69 Å². The molecule has 0 heterocycles. The molecule has 0 unspecified atom stereocenters. The van der Waals surface area contributed by atoms with Crippen molar-refractivity contribution in [3.05, 3.63) is 30.3 Å². The maximum atomic E-state index is 10.9. The predicted octanol–water partition coefficient (Wildman–Crippen LogP) is 1.65. The molecule has 0 aliphatic carbocycles. The van der Waals surface area contributed by atoms with E-state index in [-0.39, 0.29) is 5.91 Å². The standard InChI is InChI=1S/C10H9NO/c1-2-6-10(12)11-9-7-4-3-5-8-9/h3-5,7-8H,1H3,(H,11,12). The van der Waals surface area contributed by atoms with E-state index in [4.69, 9.17) is 0 Å². The summed E-state index contributed by atoms with van der Waals surface area (Å²) in [4.78, 5) is 10.9. The normalized spacial score (nSPS) is 8.08. The number of benzene rings is 1. The Bertz CT molecular complexity index is 319. The van der Waals surface area contributed by atoms with Crippen LogP contribution in [0.25, 0.3) is 0 Å². The van der Waals surface area contributed by atoms with E-state index in [1.807, 2.05) is 30.3 Å². The summed E-state index contributed by atoms with van der Waals surface area (Å²) in [5.74, 6) is 4.65. The lowest BCUT2D eigenvalue weighted by molar-refractivity contribution is -0.111. The van der Waals surface area contributed by atoms with Crippen LogP contribution in [0.15, 0.2) is 30.3 Å². The van der Waals surface area contributed by atoms with Gasteiger partial charge >= 0.3 is 0 Å². The maximum absolute atomic E-state index is 10.9. The summed E-state index contributed by atoms with van der Waals surface area (Å²) in [7, 11) is 0. The van der Waals surface area contributed by atoms with Gasteiger partial charge in [-0.2, -0.15) is 0 Å². The quantitative estimate of drug-likeness (QED) is 0.620. The van der Waals surface area contributed by atoms with E-state index in [9.17, 15) is 4.79 Å². The van der Waals surface area contributed by atoms with Crippen LogP contribution in [0.3, 0.4) is 0 Å². The molecule has 2 nitrogen and oxygen atoms in total. The molecule has 2 heteroatoms. The predicted molar refractivity (Wildman–Crippen MR) is 48.5 cm³/mol. The fraction of sp³-hybridized carbons (Fsp3) is 0.100. The highest BCUT2D eigenvalue weighted by molar-refractivity contribution is 6.03. The molecule has 0 aromatic heterocycles. The van der Waals surface area contributed by atoms with Gasteiger partial charge in [-0.1, -0.05) is 24.1 Å². The molecule has 0 saturated heterocycles. The van der Waals surface area contributed by atoms with E-state index in [1.54, 1.807) is 6.92 Å². The minimum absolute atomic E-state index is 0.274.